The average Bonchev–Trinajstić information content (AvgIpc) is 3.61. The Hall–Kier alpha value is -4.96. The molecule has 0 saturated carbocycles. The van der Waals surface area contributed by atoms with E-state index in [0.717, 1.165) is 40.6 Å². The summed E-state index contributed by atoms with van der Waals surface area (Å²) in [7, 11) is 0. The molecule has 4 heteroatoms. The van der Waals surface area contributed by atoms with Crippen LogP contribution in [0.4, 0.5) is 0 Å². The highest BCUT2D eigenvalue weighted by atomic mass is 15.3. The molecule has 5 aromatic carbocycles. The highest BCUT2D eigenvalue weighted by molar-refractivity contribution is 6.09. The van der Waals surface area contributed by atoms with Gasteiger partial charge in [-0.3, -0.25) is 4.57 Å². The molecule has 0 bridgehead atoms. The van der Waals surface area contributed by atoms with E-state index in [0.29, 0.717) is 5.92 Å². The molecule has 7 rings (SSSR count). The van der Waals surface area contributed by atoms with Gasteiger partial charge in [-0.2, -0.15) is 0 Å². The fourth-order valence-corrected chi connectivity index (χ4v) is 5.64. The first-order valence-corrected chi connectivity index (χ1v) is 13.9. The summed E-state index contributed by atoms with van der Waals surface area (Å²) < 4.78 is 4.51. The van der Waals surface area contributed by atoms with Crippen LogP contribution in [0.3, 0.4) is 0 Å². The van der Waals surface area contributed by atoms with Crippen molar-refractivity contribution in [1.82, 2.24) is 19.3 Å². The molecule has 0 aliphatic carbocycles. The summed E-state index contributed by atoms with van der Waals surface area (Å²) in [5, 5.41) is 11.9. The number of para-hydroxylation sites is 2. The van der Waals surface area contributed by atoms with Crippen LogP contribution in [0.1, 0.15) is 31.7 Å². The van der Waals surface area contributed by atoms with E-state index in [-0.39, 0.29) is 0 Å². The molecule has 1 unspecified atom stereocenters. The summed E-state index contributed by atoms with van der Waals surface area (Å²) in [6.07, 6.45) is 1.12. The zero-order chi connectivity index (χ0) is 27.1. The van der Waals surface area contributed by atoms with Gasteiger partial charge in [-0.25, -0.2) is 0 Å². The van der Waals surface area contributed by atoms with Crippen molar-refractivity contribution in [3.8, 4) is 34.2 Å². The van der Waals surface area contributed by atoms with Gasteiger partial charge >= 0.3 is 0 Å². The smallest absolute Gasteiger partial charge is 0.168 e. The molecule has 7 aromatic rings. The average molecular weight is 519 g/mol. The van der Waals surface area contributed by atoms with Crippen LogP contribution >= 0.6 is 0 Å². The Balaban J connectivity index is 1.36. The Morgan fingerprint density at radius 3 is 1.57 bits per heavy atom. The van der Waals surface area contributed by atoms with Crippen molar-refractivity contribution in [3.05, 3.63) is 133 Å². The number of rotatable bonds is 6. The maximum absolute atomic E-state index is 4.71. The number of benzene rings is 5. The van der Waals surface area contributed by atoms with Crippen molar-refractivity contribution >= 4 is 21.8 Å². The molecule has 1 atom stereocenters. The van der Waals surface area contributed by atoms with Gasteiger partial charge < -0.3 is 4.57 Å². The van der Waals surface area contributed by atoms with Crippen molar-refractivity contribution in [2.24, 2.45) is 0 Å². The maximum Gasteiger partial charge on any atom is 0.168 e. The van der Waals surface area contributed by atoms with Crippen molar-refractivity contribution in [3.63, 3.8) is 0 Å². The van der Waals surface area contributed by atoms with E-state index in [2.05, 4.69) is 137 Å². The lowest BCUT2D eigenvalue weighted by Crippen LogP contribution is -2.01. The van der Waals surface area contributed by atoms with E-state index < -0.39 is 0 Å². The lowest BCUT2D eigenvalue weighted by atomic mass is 9.98. The van der Waals surface area contributed by atoms with Crippen LogP contribution in [0.5, 0.6) is 0 Å². The van der Waals surface area contributed by atoms with Gasteiger partial charge in [0.1, 0.15) is 0 Å². The molecule has 194 valence electrons. The molecule has 2 heterocycles. The maximum atomic E-state index is 4.71. The van der Waals surface area contributed by atoms with E-state index in [9.17, 15) is 0 Å². The molecule has 0 radical (unpaired) electrons. The van der Waals surface area contributed by atoms with E-state index in [4.69, 9.17) is 5.10 Å². The van der Waals surface area contributed by atoms with E-state index in [1.165, 1.54) is 27.4 Å². The van der Waals surface area contributed by atoms with Gasteiger partial charge in [-0.05, 0) is 66.4 Å². The normalized spacial score (nSPS) is 12.2. The highest BCUT2D eigenvalue weighted by Crippen LogP contribution is 2.34. The molecule has 4 nitrogen and oxygen atoms in total. The third kappa shape index (κ3) is 4.00. The molecule has 0 aliphatic rings. The van der Waals surface area contributed by atoms with Crippen molar-refractivity contribution in [1.29, 1.82) is 0 Å². The molecule has 0 saturated heterocycles. The predicted molar refractivity (Wildman–Crippen MR) is 165 cm³/mol. The molecule has 2 aromatic heterocycles. The largest absolute Gasteiger partial charge is 0.309 e. The topological polar surface area (TPSA) is 35.6 Å². The third-order valence-corrected chi connectivity index (χ3v) is 7.99. The lowest BCUT2D eigenvalue weighted by molar-refractivity contribution is 0.733. The van der Waals surface area contributed by atoms with Crippen LogP contribution in [-0.4, -0.2) is 19.3 Å². The number of fused-ring (bicyclic) bond motifs is 3. The molecule has 0 spiro atoms. The van der Waals surface area contributed by atoms with Gasteiger partial charge in [0, 0.05) is 33.3 Å². The van der Waals surface area contributed by atoms with Gasteiger partial charge in [0.05, 0.1) is 11.0 Å². The monoisotopic (exact) mass is 518 g/mol. The standard InChI is InChI=1S/C36H30N4/c1-3-25(2)26-17-21-30(22-18-26)40-35(27-11-5-4-6-12-27)37-38-36(40)28-19-23-29(24-20-28)39-33-15-9-7-13-31(33)32-14-8-10-16-34(32)39/h4-25H,3H2,1-2H3. The number of nitrogens with zero attached hydrogens (tertiary/aromatic N) is 4. The lowest BCUT2D eigenvalue weighted by Gasteiger charge is -2.14. The van der Waals surface area contributed by atoms with Crippen molar-refractivity contribution in [2.45, 2.75) is 26.2 Å². The van der Waals surface area contributed by atoms with Crippen LogP contribution in [-0.2, 0) is 0 Å². The predicted octanol–water partition coefficient (Wildman–Crippen LogP) is 9.21. The van der Waals surface area contributed by atoms with Gasteiger partial charge in [-0.1, -0.05) is 92.7 Å². The van der Waals surface area contributed by atoms with Crippen molar-refractivity contribution < 1.29 is 0 Å². The molecular weight excluding hydrogens is 488 g/mol. The summed E-state index contributed by atoms with van der Waals surface area (Å²) >= 11 is 0. The van der Waals surface area contributed by atoms with E-state index >= 15 is 0 Å². The first-order valence-electron chi connectivity index (χ1n) is 13.9. The Morgan fingerprint density at radius 2 is 1.00 bits per heavy atom. The second kappa shape index (κ2) is 9.97. The van der Waals surface area contributed by atoms with Crippen LogP contribution in [0, 0.1) is 0 Å². The van der Waals surface area contributed by atoms with Crippen LogP contribution in [0.25, 0.3) is 56.0 Å². The number of hydrogen-bond acceptors (Lipinski definition) is 2. The summed E-state index contributed by atoms with van der Waals surface area (Å²) in [6.45, 7) is 4.50. The second-order valence-corrected chi connectivity index (χ2v) is 10.4. The zero-order valence-corrected chi connectivity index (χ0v) is 22.7. The summed E-state index contributed by atoms with van der Waals surface area (Å²) in [4.78, 5) is 0. The summed E-state index contributed by atoms with van der Waals surface area (Å²) in [5.41, 5.74) is 7.97. The van der Waals surface area contributed by atoms with Crippen LogP contribution in [0.15, 0.2) is 127 Å². The number of aromatic nitrogens is 4. The molecule has 0 N–H and O–H groups in total. The Labute approximate surface area is 234 Å². The van der Waals surface area contributed by atoms with E-state index in [1.807, 2.05) is 18.2 Å². The Bertz CT molecular complexity index is 1870. The minimum Gasteiger partial charge on any atom is -0.309 e. The molecule has 0 fully saturated rings. The molecule has 0 aliphatic heterocycles. The first kappa shape index (κ1) is 24.1. The summed E-state index contributed by atoms with van der Waals surface area (Å²) in [5.74, 6) is 2.18. The second-order valence-electron chi connectivity index (χ2n) is 10.4. The van der Waals surface area contributed by atoms with Gasteiger partial charge in [0.25, 0.3) is 0 Å². The van der Waals surface area contributed by atoms with Crippen LogP contribution < -0.4 is 0 Å². The van der Waals surface area contributed by atoms with Crippen LogP contribution in [0.2, 0.25) is 0 Å². The quantitative estimate of drug-likeness (QED) is 0.220. The highest BCUT2D eigenvalue weighted by Gasteiger charge is 2.18. The minimum absolute atomic E-state index is 0.524. The Morgan fingerprint density at radius 1 is 0.525 bits per heavy atom. The molecule has 40 heavy (non-hydrogen) atoms. The molecular formula is C36H30N4. The Kier molecular flexibility index (Phi) is 6.01. The van der Waals surface area contributed by atoms with Gasteiger partial charge in [0.2, 0.25) is 0 Å². The number of hydrogen-bond donors (Lipinski definition) is 0. The fraction of sp³-hybridized carbons (Fsp3) is 0.111. The molecule has 0 amide bonds. The summed E-state index contributed by atoms with van der Waals surface area (Å²) in [6, 6.07) is 45.0. The zero-order valence-electron chi connectivity index (χ0n) is 22.7. The minimum atomic E-state index is 0.524. The van der Waals surface area contributed by atoms with Gasteiger partial charge in [0.15, 0.2) is 11.6 Å². The first-order chi connectivity index (χ1) is 19.7. The van der Waals surface area contributed by atoms with Crippen molar-refractivity contribution in [2.75, 3.05) is 0 Å². The van der Waals surface area contributed by atoms with Gasteiger partial charge in [-0.15, -0.1) is 10.2 Å². The fourth-order valence-electron chi connectivity index (χ4n) is 5.64. The van der Waals surface area contributed by atoms with E-state index in [1.54, 1.807) is 0 Å². The third-order valence-electron chi connectivity index (χ3n) is 7.99. The SMILES string of the molecule is CCC(C)c1ccc(-n2c(-c3ccccc3)nnc2-c2ccc(-n3c4ccccc4c4ccccc43)cc2)cc1.